The molecule has 0 aromatic rings. The van der Waals surface area contributed by atoms with Crippen LogP contribution in [-0.2, 0) is 0 Å². The average Bonchev–Trinajstić information content (AvgIpc) is 1.59. The summed E-state index contributed by atoms with van der Waals surface area (Å²) in [6, 6.07) is 1.35. The third-order valence-electron chi connectivity index (χ3n) is 2.21. The van der Waals surface area contributed by atoms with Crippen LogP contribution < -0.4 is 11.1 Å². The summed E-state index contributed by atoms with van der Waals surface area (Å²) in [6.07, 6.45) is 1.21. The molecule has 1 saturated heterocycles. The molecule has 1 aliphatic heterocycles. The van der Waals surface area contributed by atoms with Crippen molar-refractivity contribution < 1.29 is 0 Å². The van der Waals surface area contributed by atoms with E-state index in [1.54, 1.807) is 0 Å². The second-order valence-corrected chi connectivity index (χ2v) is 2.58. The monoisotopic (exact) mass is 98.1 g/mol. The van der Waals surface area contributed by atoms with Gasteiger partial charge in [-0.25, -0.2) is 0 Å². The average molecular weight is 98.1 g/mol. The Morgan fingerprint density at radius 3 is 2.43 bits per heavy atom. The molecule has 40 valence electrons. The van der Waals surface area contributed by atoms with Gasteiger partial charge >= 0.3 is 0 Å². The van der Waals surface area contributed by atoms with E-state index < -0.39 is 0 Å². The van der Waals surface area contributed by atoms with Crippen molar-refractivity contribution in [3.05, 3.63) is 0 Å². The smallest absolute Gasteiger partial charge is 0.0137 e. The molecule has 0 amide bonds. The second-order valence-electron chi connectivity index (χ2n) is 2.58. The summed E-state index contributed by atoms with van der Waals surface area (Å²) < 4.78 is 0. The minimum absolute atomic E-state index is 0.534. The molecule has 3 atom stereocenters. The molecule has 1 heterocycles. The van der Waals surface area contributed by atoms with Crippen molar-refractivity contribution in [3.63, 3.8) is 0 Å². The summed E-state index contributed by atoms with van der Waals surface area (Å²) in [5.41, 5.74) is 5.62. The highest BCUT2D eigenvalue weighted by molar-refractivity contribution is 5.05. The second kappa shape index (κ2) is 1.01. The van der Waals surface area contributed by atoms with Crippen molar-refractivity contribution in [1.29, 1.82) is 0 Å². The third-order valence-corrected chi connectivity index (χ3v) is 2.21. The van der Waals surface area contributed by atoms with Crippen LogP contribution in [0.3, 0.4) is 0 Å². The maximum absolute atomic E-state index is 5.62. The Hall–Kier alpha value is -0.0800. The minimum atomic E-state index is 0.534. The van der Waals surface area contributed by atoms with Crippen LogP contribution in [0.15, 0.2) is 0 Å². The first-order valence-corrected chi connectivity index (χ1v) is 2.87. The van der Waals surface area contributed by atoms with E-state index in [4.69, 9.17) is 5.73 Å². The number of piperidine rings is 1. The van der Waals surface area contributed by atoms with Crippen molar-refractivity contribution in [2.24, 2.45) is 11.7 Å². The van der Waals surface area contributed by atoms with Crippen molar-refractivity contribution in [2.75, 3.05) is 6.54 Å². The zero-order chi connectivity index (χ0) is 4.85. The number of hydrogen-bond donors (Lipinski definition) is 2. The highest BCUT2D eigenvalue weighted by atomic mass is 15.1. The molecule has 2 fully saturated rings. The molecule has 7 heavy (non-hydrogen) atoms. The molecule has 3 N–H and O–H groups in total. The minimum Gasteiger partial charge on any atom is -0.327 e. The lowest BCUT2D eigenvalue weighted by Crippen LogP contribution is -2.69. The van der Waals surface area contributed by atoms with E-state index in [1.807, 2.05) is 0 Å². The SMILES string of the molecule is N[C@@H]1C[C@@H]2NCC12. The molecule has 1 unspecified atom stereocenters. The van der Waals surface area contributed by atoms with Crippen LogP contribution in [-0.4, -0.2) is 18.6 Å². The summed E-state index contributed by atoms with van der Waals surface area (Å²) in [6.45, 7) is 1.17. The molecular weight excluding hydrogens is 88.1 g/mol. The first kappa shape index (κ1) is 3.87. The van der Waals surface area contributed by atoms with E-state index in [-0.39, 0.29) is 0 Å². The molecule has 2 nitrogen and oxygen atoms in total. The number of rotatable bonds is 0. The van der Waals surface area contributed by atoms with Crippen LogP contribution >= 0.6 is 0 Å². The van der Waals surface area contributed by atoms with Gasteiger partial charge in [0.15, 0.2) is 0 Å². The van der Waals surface area contributed by atoms with Crippen LogP contribution in [0, 0.1) is 5.92 Å². The van der Waals surface area contributed by atoms with E-state index in [0.29, 0.717) is 6.04 Å². The van der Waals surface area contributed by atoms with E-state index in [9.17, 15) is 0 Å². The Kier molecular flexibility index (Phi) is 0.557. The van der Waals surface area contributed by atoms with Gasteiger partial charge in [0.25, 0.3) is 0 Å². The summed E-state index contributed by atoms with van der Waals surface area (Å²) in [5, 5.41) is 3.30. The van der Waals surface area contributed by atoms with E-state index >= 15 is 0 Å². The van der Waals surface area contributed by atoms with E-state index in [2.05, 4.69) is 5.32 Å². The Morgan fingerprint density at radius 2 is 2.43 bits per heavy atom. The van der Waals surface area contributed by atoms with Gasteiger partial charge in [-0.15, -0.1) is 0 Å². The molecule has 0 aromatic carbocycles. The molecule has 1 aliphatic carbocycles. The molecule has 0 aromatic heterocycles. The Bertz CT molecular complexity index is 88.1. The van der Waals surface area contributed by atoms with Crippen molar-refractivity contribution >= 4 is 0 Å². The van der Waals surface area contributed by atoms with Crippen LogP contribution in [0.5, 0.6) is 0 Å². The Balaban J connectivity index is 1.99. The number of nitrogens with one attached hydrogen (secondary N) is 1. The predicted molar refractivity (Wildman–Crippen MR) is 27.9 cm³/mol. The highest BCUT2D eigenvalue weighted by Crippen LogP contribution is 2.32. The molecule has 1 saturated carbocycles. The quantitative estimate of drug-likeness (QED) is 0.420. The largest absolute Gasteiger partial charge is 0.327 e. The van der Waals surface area contributed by atoms with Crippen molar-refractivity contribution in [3.8, 4) is 0 Å². The topological polar surface area (TPSA) is 38.0 Å². The highest BCUT2D eigenvalue weighted by Gasteiger charge is 2.44. The third kappa shape index (κ3) is 0.318. The van der Waals surface area contributed by atoms with E-state index in [1.165, 1.54) is 13.0 Å². The van der Waals surface area contributed by atoms with Gasteiger partial charge in [0.2, 0.25) is 0 Å². The van der Waals surface area contributed by atoms with Gasteiger partial charge in [-0.2, -0.15) is 0 Å². The summed E-state index contributed by atoms with van der Waals surface area (Å²) in [5.74, 6) is 0.847. The summed E-state index contributed by atoms with van der Waals surface area (Å²) in [4.78, 5) is 0. The van der Waals surface area contributed by atoms with Gasteiger partial charge in [-0.1, -0.05) is 0 Å². The van der Waals surface area contributed by atoms with Crippen molar-refractivity contribution in [2.45, 2.75) is 18.5 Å². The van der Waals surface area contributed by atoms with E-state index in [0.717, 1.165) is 12.0 Å². The zero-order valence-electron chi connectivity index (χ0n) is 4.22. The lowest BCUT2D eigenvalue weighted by Gasteiger charge is -2.52. The summed E-state index contributed by atoms with van der Waals surface area (Å²) in [7, 11) is 0. The van der Waals surface area contributed by atoms with Gasteiger partial charge < -0.3 is 11.1 Å². The van der Waals surface area contributed by atoms with Crippen LogP contribution in [0.1, 0.15) is 6.42 Å². The molecule has 2 aliphatic rings. The number of nitrogens with two attached hydrogens (primary N) is 1. The fraction of sp³-hybridized carbons (Fsp3) is 1.00. The molecule has 0 spiro atoms. The lowest BCUT2D eigenvalue weighted by atomic mass is 9.69. The number of hydrogen-bond acceptors (Lipinski definition) is 2. The van der Waals surface area contributed by atoms with Gasteiger partial charge in [0, 0.05) is 24.5 Å². The first-order chi connectivity index (χ1) is 3.38. The maximum atomic E-state index is 5.62. The molecule has 2 heteroatoms. The van der Waals surface area contributed by atoms with Gasteiger partial charge in [-0.3, -0.25) is 0 Å². The fourth-order valence-electron chi connectivity index (χ4n) is 1.40. The standard InChI is InChI=1S/C5H10N2/c6-4-1-5-3(4)2-7-5/h3-5,7H,1-2,6H2/t3?,4-,5+/m1/s1. The lowest BCUT2D eigenvalue weighted by molar-refractivity contribution is 0.0790. The molecular formula is C5H10N2. The molecule has 0 bridgehead atoms. The summed E-state index contributed by atoms with van der Waals surface area (Å²) >= 11 is 0. The number of fused-ring (bicyclic) bond motifs is 1. The van der Waals surface area contributed by atoms with Crippen molar-refractivity contribution in [1.82, 2.24) is 5.32 Å². The van der Waals surface area contributed by atoms with Gasteiger partial charge in [-0.05, 0) is 6.42 Å². The maximum Gasteiger partial charge on any atom is 0.0137 e. The van der Waals surface area contributed by atoms with Gasteiger partial charge in [0.05, 0.1) is 0 Å². The first-order valence-electron chi connectivity index (χ1n) is 2.87. The zero-order valence-corrected chi connectivity index (χ0v) is 4.22. The molecule has 2 rings (SSSR count). The molecule has 0 radical (unpaired) electrons. The normalized spacial score (nSPS) is 57.0. The van der Waals surface area contributed by atoms with Gasteiger partial charge in [0.1, 0.15) is 0 Å². The van der Waals surface area contributed by atoms with Crippen LogP contribution in [0.2, 0.25) is 0 Å². The van der Waals surface area contributed by atoms with Crippen LogP contribution in [0.4, 0.5) is 0 Å². The predicted octanol–water partition coefficient (Wildman–Crippen LogP) is -0.695. The van der Waals surface area contributed by atoms with Crippen LogP contribution in [0.25, 0.3) is 0 Å². The Morgan fingerprint density at radius 1 is 1.57 bits per heavy atom. The fourth-order valence-corrected chi connectivity index (χ4v) is 1.40. The Labute approximate surface area is 43.1 Å².